The van der Waals surface area contributed by atoms with Gasteiger partial charge in [-0.2, -0.15) is 0 Å². The Balaban J connectivity index is 1.57. The van der Waals surface area contributed by atoms with E-state index in [-0.39, 0.29) is 6.10 Å². The average molecular weight is 528 g/mol. The summed E-state index contributed by atoms with van der Waals surface area (Å²) in [6.45, 7) is 8.13. The molecule has 0 spiro atoms. The quantitative estimate of drug-likeness (QED) is 0.410. The number of rotatable bonds is 7. The van der Waals surface area contributed by atoms with Crippen LogP contribution >= 0.6 is 11.3 Å². The van der Waals surface area contributed by atoms with Gasteiger partial charge in [-0.15, -0.1) is 11.3 Å². The number of benzene rings is 1. The third-order valence-electron chi connectivity index (χ3n) is 6.14. The Morgan fingerprint density at radius 3 is 2.57 bits per heavy atom. The Bertz CT molecular complexity index is 1190. The highest BCUT2D eigenvalue weighted by Crippen LogP contribution is 2.33. The van der Waals surface area contributed by atoms with Crippen LogP contribution in [0.5, 0.6) is 5.75 Å². The zero-order valence-electron chi connectivity index (χ0n) is 21.7. The van der Waals surface area contributed by atoms with Crippen LogP contribution in [0, 0.1) is 0 Å². The number of hydrogen-bond donors (Lipinski definition) is 1. The molecule has 2 fully saturated rings. The number of nitrogens with zero attached hydrogens (tertiary/aromatic N) is 2. The number of esters is 1. The van der Waals surface area contributed by atoms with E-state index in [9.17, 15) is 14.4 Å². The van der Waals surface area contributed by atoms with Crippen molar-refractivity contribution < 1.29 is 28.7 Å². The Hall–Kier alpha value is -3.33. The maximum Gasteiger partial charge on any atom is 0.350 e. The molecule has 2 aliphatic rings. The lowest BCUT2D eigenvalue weighted by Gasteiger charge is -2.37. The first kappa shape index (κ1) is 26.7. The molecule has 0 aliphatic carbocycles. The normalized spacial score (nSPS) is 17.9. The van der Waals surface area contributed by atoms with Crippen LogP contribution in [0.4, 0.5) is 11.4 Å². The van der Waals surface area contributed by atoms with E-state index < -0.39 is 17.5 Å². The summed E-state index contributed by atoms with van der Waals surface area (Å²) in [7, 11) is 1.30. The SMILES string of the molecule is COC(=O)c1sccc1NC(=O)c1ccc(N2CCCC2)cc1OC1CCN(OC(C)(C)C)C(=C=O)C1. The summed E-state index contributed by atoms with van der Waals surface area (Å²) in [6.07, 6.45) is 2.82. The molecule has 9 nitrogen and oxygen atoms in total. The molecule has 1 atom stereocenters. The number of hydrogen-bond acceptors (Lipinski definition) is 9. The van der Waals surface area contributed by atoms with Crippen LogP contribution in [0.2, 0.25) is 0 Å². The smallest absolute Gasteiger partial charge is 0.350 e. The van der Waals surface area contributed by atoms with Crippen molar-refractivity contribution in [3.63, 3.8) is 0 Å². The summed E-state index contributed by atoms with van der Waals surface area (Å²) in [5.41, 5.74) is 1.64. The number of piperidine rings is 1. The van der Waals surface area contributed by atoms with Gasteiger partial charge in [-0.05, 0) is 57.2 Å². The fourth-order valence-electron chi connectivity index (χ4n) is 4.44. The molecule has 198 valence electrons. The standard InChI is InChI=1S/C27H33N3O6S/c1-27(2,3)36-30-13-9-20(15-19(30)17-31)35-23-16-18(29-11-5-6-12-29)7-8-21(23)25(32)28-22-10-14-37-24(22)26(33)34-4/h7-8,10,14,16,20H,5-6,9,11-13,15H2,1-4H3,(H,28,32). The van der Waals surface area contributed by atoms with Crippen molar-refractivity contribution in [3.05, 3.63) is 45.8 Å². The van der Waals surface area contributed by atoms with Gasteiger partial charge in [-0.1, -0.05) is 0 Å². The average Bonchev–Trinajstić information content (AvgIpc) is 3.56. The number of methoxy groups -OCH3 is 1. The molecule has 0 bridgehead atoms. The van der Waals surface area contributed by atoms with E-state index in [0.29, 0.717) is 47.0 Å². The highest BCUT2D eigenvalue weighted by molar-refractivity contribution is 7.12. The molecular formula is C27H33N3O6S. The molecule has 4 rings (SSSR count). The van der Waals surface area contributed by atoms with E-state index in [1.807, 2.05) is 38.8 Å². The molecule has 2 aliphatic heterocycles. The fourth-order valence-corrected chi connectivity index (χ4v) is 5.20. The predicted octanol–water partition coefficient (Wildman–Crippen LogP) is 4.68. The molecule has 10 heteroatoms. The zero-order chi connectivity index (χ0) is 26.6. The van der Waals surface area contributed by atoms with Gasteiger partial charge in [0, 0.05) is 44.2 Å². The second-order valence-electron chi connectivity index (χ2n) is 10.1. The molecule has 1 amide bonds. The van der Waals surface area contributed by atoms with Crippen LogP contribution in [0.15, 0.2) is 35.3 Å². The van der Waals surface area contributed by atoms with Crippen molar-refractivity contribution >= 4 is 40.5 Å². The monoisotopic (exact) mass is 527 g/mol. The number of carbonyl (C=O) groups excluding carboxylic acids is 3. The van der Waals surface area contributed by atoms with Gasteiger partial charge in [0.2, 0.25) is 0 Å². The van der Waals surface area contributed by atoms with E-state index >= 15 is 0 Å². The molecule has 1 aromatic heterocycles. The van der Waals surface area contributed by atoms with Gasteiger partial charge >= 0.3 is 5.97 Å². The van der Waals surface area contributed by atoms with Crippen LogP contribution < -0.4 is 15.0 Å². The lowest BCUT2D eigenvalue weighted by atomic mass is 10.1. The highest BCUT2D eigenvalue weighted by atomic mass is 32.1. The number of anilines is 2. The number of amides is 1. The molecule has 2 saturated heterocycles. The first-order valence-electron chi connectivity index (χ1n) is 12.4. The number of ether oxygens (including phenoxy) is 2. The molecule has 2 aromatic rings. The van der Waals surface area contributed by atoms with Crippen molar-refractivity contribution in [2.75, 3.05) is 37.0 Å². The van der Waals surface area contributed by atoms with Gasteiger partial charge in [-0.25, -0.2) is 14.7 Å². The van der Waals surface area contributed by atoms with Gasteiger partial charge in [0.15, 0.2) is 0 Å². The first-order chi connectivity index (χ1) is 17.7. The van der Waals surface area contributed by atoms with Crippen molar-refractivity contribution in [2.45, 2.75) is 58.2 Å². The fraction of sp³-hybridized carbons (Fsp3) is 0.481. The van der Waals surface area contributed by atoms with Crippen LogP contribution in [0.1, 0.15) is 66.5 Å². The predicted molar refractivity (Wildman–Crippen MR) is 142 cm³/mol. The summed E-state index contributed by atoms with van der Waals surface area (Å²) in [4.78, 5) is 45.6. The molecule has 0 saturated carbocycles. The van der Waals surface area contributed by atoms with Crippen LogP contribution in [-0.4, -0.2) is 61.3 Å². The van der Waals surface area contributed by atoms with Gasteiger partial charge < -0.3 is 19.7 Å². The van der Waals surface area contributed by atoms with Crippen LogP contribution in [-0.2, 0) is 14.4 Å². The van der Waals surface area contributed by atoms with Gasteiger partial charge in [-0.3, -0.25) is 9.63 Å². The van der Waals surface area contributed by atoms with Crippen molar-refractivity contribution in [1.29, 1.82) is 0 Å². The molecule has 1 N–H and O–H groups in total. The van der Waals surface area contributed by atoms with Crippen molar-refractivity contribution in [2.24, 2.45) is 0 Å². The molecule has 37 heavy (non-hydrogen) atoms. The van der Waals surface area contributed by atoms with Crippen LogP contribution in [0.3, 0.4) is 0 Å². The minimum atomic E-state index is -0.511. The molecule has 1 aromatic carbocycles. The summed E-state index contributed by atoms with van der Waals surface area (Å²) in [6, 6.07) is 7.22. The number of thiophene rings is 1. The minimum Gasteiger partial charge on any atom is -0.489 e. The topological polar surface area (TPSA) is 97.4 Å². The van der Waals surface area contributed by atoms with E-state index in [1.54, 1.807) is 22.6 Å². The van der Waals surface area contributed by atoms with Crippen molar-refractivity contribution in [3.8, 4) is 5.75 Å². The zero-order valence-corrected chi connectivity index (χ0v) is 22.5. The summed E-state index contributed by atoms with van der Waals surface area (Å²) < 4.78 is 11.2. The number of nitrogens with one attached hydrogen (secondary N) is 1. The Morgan fingerprint density at radius 1 is 1.14 bits per heavy atom. The second kappa shape index (κ2) is 11.4. The summed E-state index contributed by atoms with van der Waals surface area (Å²) in [5.74, 6) is 1.52. The maximum atomic E-state index is 13.4. The van der Waals surface area contributed by atoms with Gasteiger partial charge in [0.1, 0.15) is 28.4 Å². The van der Waals surface area contributed by atoms with Gasteiger partial charge in [0.05, 0.1) is 24.0 Å². The lowest BCUT2D eigenvalue weighted by molar-refractivity contribution is -0.217. The second-order valence-corrected chi connectivity index (χ2v) is 11.0. The molecule has 0 radical (unpaired) electrons. The van der Waals surface area contributed by atoms with Gasteiger partial charge in [0.25, 0.3) is 5.91 Å². The van der Waals surface area contributed by atoms with E-state index in [0.717, 1.165) is 31.6 Å². The third kappa shape index (κ3) is 6.52. The first-order valence-corrected chi connectivity index (χ1v) is 13.3. The van der Waals surface area contributed by atoms with E-state index in [1.165, 1.54) is 18.4 Å². The Morgan fingerprint density at radius 2 is 1.89 bits per heavy atom. The van der Waals surface area contributed by atoms with E-state index in [2.05, 4.69) is 10.2 Å². The lowest BCUT2D eigenvalue weighted by Crippen LogP contribution is -2.41. The minimum absolute atomic E-state index is 0.311. The Kier molecular flexibility index (Phi) is 8.22. The molecular weight excluding hydrogens is 494 g/mol. The van der Waals surface area contributed by atoms with Crippen molar-refractivity contribution in [1.82, 2.24) is 5.06 Å². The van der Waals surface area contributed by atoms with E-state index in [4.69, 9.17) is 14.3 Å². The Labute approximate surface area is 220 Å². The summed E-state index contributed by atoms with van der Waals surface area (Å²) >= 11 is 1.19. The number of carbonyl (C=O) groups is 2. The third-order valence-corrected chi connectivity index (χ3v) is 7.03. The molecule has 1 unspecified atom stereocenters. The largest absolute Gasteiger partial charge is 0.489 e. The maximum absolute atomic E-state index is 13.4. The highest BCUT2D eigenvalue weighted by Gasteiger charge is 2.30. The summed E-state index contributed by atoms with van der Waals surface area (Å²) in [5, 5.41) is 6.13. The van der Waals surface area contributed by atoms with Crippen LogP contribution in [0.25, 0.3) is 0 Å². The molecule has 3 heterocycles. The number of hydroxylamine groups is 2.